The largest absolute Gasteiger partial charge is 0.493 e. The van der Waals surface area contributed by atoms with Gasteiger partial charge in [-0.05, 0) is 36.9 Å². The highest BCUT2D eigenvalue weighted by Crippen LogP contribution is 2.19. The molecule has 0 aliphatic rings. The fourth-order valence-corrected chi connectivity index (χ4v) is 2.79. The summed E-state index contributed by atoms with van der Waals surface area (Å²) >= 11 is 1.48. The van der Waals surface area contributed by atoms with Crippen LogP contribution >= 0.6 is 11.8 Å². The third kappa shape index (κ3) is 5.10. The molecule has 27 heavy (non-hydrogen) atoms. The lowest BCUT2D eigenvalue weighted by Crippen LogP contribution is -2.05. The molecule has 2 aromatic carbocycles. The van der Waals surface area contributed by atoms with E-state index in [1.807, 2.05) is 60.9 Å². The molecule has 0 atom stereocenters. The summed E-state index contributed by atoms with van der Waals surface area (Å²) < 4.78 is 13.3. The van der Waals surface area contributed by atoms with E-state index in [1.54, 1.807) is 10.9 Å². The molecule has 140 valence electrons. The lowest BCUT2D eigenvalue weighted by atomic mass is 10.2. The second-order valence-corrected chi connectivity index (χ2v) is 6.42. The Morgan fingerprint density at radius 3 is 2.59 bits per heavy atom. The summed E-state index contributed by atoms with van der Waals surface area (Å²) in [5.74, 6) is 2.22. The maximum absolute atomic E-state index is 5.79. The van der Waals surface area contributed by atoms with Gasteiger partial charge in [0.05, 0.1) is 12.8 Å². The Kier molecular flexibility index (Phi) is 6.87. The first-order valence-electron chi connectivity index (χ1n) is 8.74. The van der Waals surface area contributed by atoms with Crippen molar-refractivity contribution in [1.29, 1.82) is 0 Å². The van der Waals surface area contributed by atoms with Gasteiger partial charge in [0, 0.05) is 5.56 Å². The van der Waals surface area contributed by atoms with Crippen molar-refractivity contribution in [2.24, 2.45) is 5.10 Å². The van der Waals surface area contributed by atoms with Crippen molar-refractivity contribution in [2.45, 2.75) is 25.1 Å². The van der Waals surface area contributed by atoms with Crippen molar-refractivity contribution in [3.8, 4) is 11.5 Å². The minimum absolute atomic E-state index is 0.281. The van der Waals surface area contributed by atoms with Crippen molar-refractivity contribution in [1.82, 2.24) is 14.9 Å². The van der Waals surface area contributed by atoms with Crippen molar-refractivity contribution < 1.29 is 9.47 Å². The van der Waals surface area contributed by atoms with Gasteiger partial charge in [0.15, 0.2) is 5.82 Å². The molecular formula is C20H22N4O2S. The predicted molar refractivity (Wildman–Crippen MR) is 108 cm³/mol. The molecule has 1 aromatic heterocycles. The molecule has 0 aliphatic carbocycles. The first-order valence-corrected chi connectivity index (χ1v) is 9.96. The number of thioether (sulfide) groups is 1. The number of hydrogen-bond acceptors (Lipinski definition) is 6. The SMILES string of the molecule is CCCOc1ccccc1/C=N\n1c(COc2ccccc2)nnc1SC. The van der Waals surface area contributed by atoms with Crippen LogP contribution < -0.4 is 9.47 Å². The molecule has 6 nitrogen and oxygen atoms in total. The maximum Gasteiger partial charge on any atom is 0.211 e. The van der Waals surface area contributed by atoms with Crippen molar-refractivity contribution in [2.75, 3.05) is 12.9 Å². The quantitative estimate of drug-likeness (QED) is 0.409. The molecule has 0 saturated carbocycles. The summed E-state index contributed by atoms with van der Waals surface area (Å²) in [5, 5.41) is 13.7. The highest BCUT2D eigenvalue weighted by atomic mass is 32.2. The van der Waals surface area contributed by atoms with Gasteiger partial charge >= 0.3 is 0 Å². The Morgan fingerprint density at radius 1 is 1.04 bits per heavy atom. The van der Waals surface area contributed by atoms with E-state index in [1.165, 1.54) is 11.8 Å². The molecule has 3 aromatic rings. The number of benzene rings is 2. The Labute approximate surface area is 163 Å². The van der Waals surface area contributed by atoms with Crippen molar-refractivity contribution in [3.63, 3.8) is 0 Å². The standard InChI is InChI=1S/C20H22N4O2S/c1-3-13-25-18-12-8-7-9-16(18)14-21-24-19(22-23-20(24)27-2)15-26-17-10-5-4-6-11-17/h4-12,14H,3,13,15H2,1-2H3/b21-14-. The monoisotopic (exact) mass is 382 g/mol. The molecule has 0 spiro atoms. The van der Waals surface area contributed by atoms with Crippen LogP contribution in [0.5, 0.6) is 11.5 Å². The van der Waals surface area contributed by atoms with Crippen LogP contribution in [0.1, 0.15) is 24.7 Å². The highest BCUT2D eigenvalue weighted by molar-refractivity contribution is 7.98. The molecule has 1 heterocycles. The molecule has 0 saturated heterocycles. The van der Waals surface area contributed by atoms with Gasteiger partial charge in [-0.15, -0.1) is 10.2 Å². The van der Waals surface area contributed by atoms with Gasteiger partial charge < -0.3 is 9.47 Å². The van der Waals surface area contributed by atoms with E-state index in [4.69, 9.17) is 9.47 Å². The zero-order valence-corrected chi connectivity index (χ0v) is 16.2. The Balaban J connectivity index is 1.80. The molecule has 0 unspecified atom stereocenters. The molecule has 3 rings (SSSR count). The van der Waals surface area contributed by atoms with Gasteiger partial charge in [-0.2, -0.15) is 9.78 Å². The third-order valence-corrected chi connectivity index (χ3v) is 4.28. The Morgan fingerprint density at radius 2 is 1.81 bits per heavy atom. The molecule has 0 radical (unpaired) electrons. The van der Waals surface area contributed by atoms with Gasteiger partial charge in [-0.1, -0.05) is 49.0 Å². The number of nitrogens with zero attached hydrogens (tertiary/aromatic N) is 4. The van der Waals surface area contributed by atoms with E-state index in [0.717, 1.165) is 23.5 Å². The molecule has 0 fully saturated rings. The topological polar surface area (TPSA) is 61.5 Å². The van der Waals surface area contributed by atoms with Gasteiger partial charge in [0.1, 0.15) is 18.1 Å². The number of ether oxygens (including phenoxy) is 2. The Hall–Kier alpha value is -2.80. The van der Waals surface area contributed by atoms with Crippen LogP contribution in [-0.4, -0.2) is 34.0 Å². The second-order valence-electron chi connectivity index (χ2n) is 5.65. The van der Waals surface area contributed by atoms with Gasteiger partial charge in [0.2, 0.25) is 5.16 Å². The minimum Gasteiger partial charge on any atom is -0.493 e. The zero-order valence-electron chi connectivity index (χ0n) is 15.4. The summed E-state index contributed by atoms with van der Waals surface area (Å²) in [6, 6.07) is 17.4. The van der Waals surface area contributed by atoms with Crippen LogP contribution in [0.4, 0.5) is 0 Å². The lowest BCUT2D eigenvalue weighted by Gasteiger charge is -2.08. The van der Waals surface area contributed by atoms with Gasteiger partial charge in [-0.3, -0.25) is 0 Å². The van der Waals surface area contributed by atoms with E-state index in [0.29, 0.717) is 17.6 Å². The van der Waals surface area contributed by atoms with Gasteiger partial charge in [-0.25, -0.2) is 0 Å². The lowest BCUT2D eigenvalue weighted by molar-refractivity contribution is 0.290. The van der Waals surface area contributed by atoms with E-state index >= 15 is 0 Å². The summed E-state index contributed by atoms with van der Waals surface area (Å²) in [6.45, 7) is 3.03. The molecular weight excluding hydrogens is 360 g/mol. The van der Waals surface area contributed by atoms with Crippen molar-refractivity contribution in [3.05, 3.63) is 66.0 Å². The van der Waals surface area contributed by atoms with E-state index in [2.05, 4.69) is 22.2 Å². The molecule has 0 aliphatic heterocycles. The van der Waals surface area contributed by atoms with E-state index in [9.17, 15) is 0 Å². The molecule has 0 bridgehead atoms. The first-order chi connectivity index (χ1) is 13.3. The normalized spacial score (nSPS) is 11.0. The van der Waals surface area contributed by atoms with Crippen LogP contribution in [0, 0.1) is 0 Å². The van der Waals surface area contributed by atoms with Crippen molar-refractivity contribution >= 4 is 18.0 Å². The summed E-state index contributed by atoms with van der Waals surface area (Å²) in [4.78, 5) is 0. The first kappa shape index (κ1) is 19.0. The summed E-state index contributed by atoms with van der Waals surface area (Å²) in [7, 11) is 0. The van der Waals surface area contributed by atoms with Crippen LogP contribution in [0.15, 0.2) is 64.9 Å². The average molecular weight is 382 g/mol. The van der Waals surface area contributed by atoms with E-state index < -0.39 is 0 Å². The fourth-order valence-electron chi connectivity index (χ4n) is 2.34. The number of hydrogen-bond donors (Lipinski definition) is 0. The smallest absolute Gasteiger partial charge is 0.211 e. The number of rotatable bonds is 9. The summed E-state index contributed by atoms with van der Waals surface area (Å²) in [5.41, 5.74) is 0.904. The third-order valence-electron chi connectivity index (χ3n) is 3.66. The zero-order chi connectivity index (χ0) is 18.9. The average Bonchev–Trinajstić information content (AvgIpc) is 3.12. The van der Waals surface area contributed by atoms with Crippen LogP contribution in [0.25, 0.3) is 0 Å². The summed E-state index contributed by atoms with van der Waals surface area (Å²) in [6.07, 6.45) is 4.66. The Bertz CT molecular complexity index is 881. The number of aromatic nitrogens is 3. The van der Waals surface area contributed by atoms with Crippen LogP contribution in [0.2, 0.25) is 0 Å². The van der Waals surface area contributed by atoms with Crippen LogP contribution in [0.3, 0.4) is 0 Å². The molecule has 7 heteroatoms. The second kappa shape index (κ2) is 9.78. The molecule has 0 amide bonds. The maximum atomic E-state index is 5.79. The minimum atomic E-state index is 0.281. The predicted octanol–water partition coefficient (Wildman–Crippen LogP) is 4.25. The highest BCUT2D eigenvalue weighted by Gasteiger charge is 2.11. The fraction of sp³-hybridized carbons (Fsp3) is 0.250. The number of para-hydroxylation sites is 2. The molecule has 0 N–H and O–H groups in total. The van der Waals surface area contributed by atoms with Gasteiger partial charge in [0.25, 0.3) is 0 Å². The van der Waals surface area contributed by atoms with Crippen LogP contribution in [-0.2, 0) is 6.61 Å². The van der Waals surface area contributed by atoms with E-state index in [-0.39, 0.29) is 6.61 Å².